The van der Waals surface area contributed by atoms with Crippen molar-refractivity contribution in [3.63, 3.8) is 0 Å². The second-order valence-electron chi connectivity index (χ2n) is 9.71. The van der Waals surface area contributed by atoms with E-state index >= 15 is 0 Å². The Hall–Kier alpha value is 0.577. The topological polar surface area (TPSA) is 27.7 Å². The third-order valence-electron chi connectivity index (χ3n) is 7.10. The van der Waals surface area contributed by atoms with Gasteiger partial charge in [0.2, 0.25) is 0 Å². The summed E-state index contributed by atoms with van der Waals surface area (Å²) in [6, 6.07) is 0.878. The quantitative estimate of drug-likeness (QED) is 0.0759. The lowest BCUT2D eigenvalue weighted by Gasteiger charge is -2.31. The molecule has 188 valence electrons. The van der Waals surface area contributed by atoms with Gasteiger partial charge < -0.3 is 13.3 Å². The Morgan fingerprint density at radius 2 is 1.06 bits per heavy atom. The first-order valence-electron chi connectivity index (χ1n) is 13.2. The van der Waals surface area contributed by atoms with E-state index in [0.717, 1.165) is 18.9 Å². The molecule has 0 amide bonds. The van der Waals surface area contributed by atoms with Crippen LogP contribution in [0, 0.1) is 5.92 Å². The lowest BCUT2D eigenvalue weighted by molar-refractivity contribution is 0.122. The number of unbranched alkanes of at least 4 members (excludes halogenated alkanes) is 13. The van der Waals surface area contributed by atoms with Crippen molar-refractivity contribution in [1.82, 2.24) is 0 Å². The Morgan fingerprint density at radius 3 is 1.45 bits per heavy atom. The van der Waals surface area contributed by atoms with Gasteiger partial charge in [-0.05, 0) is 32.1 Å². The molecule has 0 spiro atoms. The molecule has 2 unspecified atom stereocenters. The maximum atomic E-state index is 5.55. The standard InChI is InChI=1S/C26H55BrO3Si/c1-7-8-9-10-11-12-13-14-15-16-17-18-19-20-22-25(2)26(3,27)23-21-24-31(28-4,29-5)30-6/h25H,7-24H2,1-6H3. The molecular formula is C26H55BrO3Si. The van der Waals surface area contributed by atoms with E-state index in [0.29, 0.717) is 5.92 Å². The molecule has 2 atom stereocenters. The highest BCUT2D eigenvalue weighted by molar-refractivity contribution is 9.10. The van der Waals surface area contributed by atoms with Crippen LogP contribution in [0.15, 0.2) is 0 Å². The van der Waals surface area contributed by atoms with E-state index in [1.54, 1.807) is 21.3 Å². The van der Waals surface area contributed by atoms with Gasteiger partial charge in [0, 0.05) is 31.7 Å². The van der Waals surface area contributed by atoms with Crippen LogP contribution in [0.25, 0.3) is 0 Å². The van der Waals surface area contributed by atoms with Crippen LogP contribution in [0.3, 0.4) is 0 Å². The summed E-state index contributed by atoms with van der Waals surface area (Å²) >= 11 is 4.02. The van der Waals surface area contributed by atoms with Crippen LogP contribution >= 0.6 is 15.9 Å². The first kappa shape index (κ1) is 31.6. The minimum Gasteiger partial charge on any atom is -0.377 e. The fourth-order valence-corrected chi connectivity index (χ4v) is 6.63. The SMILES string of the molecule is CCCCCCCCCCCCCCCCC(C)C(C)(Br)CCC[Si](OC)(OC)OC. The number of hydrogen-bond donors (Lipinski definition) is 0. The highest BCUT2D eigenvalue weighted by Crippen LogP contribution is 2.36. The highest BCUT2D eigenvalue weighted by atomic mass is 79.9. The summed E-state index contributed by atoms with van der Waals surface area (Å²) in [7, 11) is 2.66. The van der Waals surface area contributed by atoms with Crippen LogP contribution in [0.2, 0.25) is 6.04 Å². The third kappa shape index (κ3) is 15.9. The van der Waals surface area contributed by atoms with Crippen LogP contribution in [0.4, 0.5) is 0 Å². The minimum absolute atomic E-state index is 0.179. The van der Waals surface area contributed by atoms with E-state index in [2.05, 4.69) is 36.7 Å². The van der Waals surface area contributed by atoms with Crippen molar-refractivity contribution in [1.29, 1.82) is 0 Å². The Bertz CT molecular complexity index is 381. The van der Waals surface area contributed by atoms with Crippen LogP contribution < -0.4 is 0 Å². The first-order valence-corrected chi connectivity index (χ1v) is 15.9. The lowest BCUT2D eigenvalue weighted by Crippen LogP contribution is -2.43. The molecule has 0 aliphatic rings. The molecule has 31 heavy (non-hydrogen) atoms. The molecule has 3 nitrogen and oxygen atoms in total. The second kappa shape index (κ2) is 20.0. The highest BCUT2D eigenvalue weighted by Gasteiger charge is 2.38. The Morgan fingerprint density at radius 1 is 0.677 bits per heavy atom. The Kier molecular flexibility index (Phi) is 20.4. The molecule has 0 rings (SSSR count). The summed E-state index contributed by atoms with van der Waals surface area (Å²) < 4.78 is 16.8. The van der Waals surface area contributed by atoms with E-state index in [9.17, 15) is 0 Å². The van der Waals surface area contributed by atoms with Gasteiger partial charge in [-0.25, -0.2) is 0 Å². The van der Waals surface area contributed by atoms with Crippen LogP contribution in [0.1, 0.15) is 130 Å². The molecule has 0 aromatic carbocycles. The third-order valence-corrected chi connectivity index (χ3v) is 11.1. The van der Waals surface area contributed by atoms with E-state index in [-0.39, 0.29) is 4.32 Å². The Labute approximate surface area is 205 Å². The fraction of sp³-hybridized carbons (Fsp3) is 1.00. The molecule has 0 fully saturated rings. The van der Waals surface area contributed by atoms with Gasteiger partial charge in [0.05, 0.1) is 0 Å². The van der Waals surface area contributed by atoms with Crippen molar-refractivity contribution < 1.29 is 13.3 Å². The van der Waals surface area contributed by atoms with Gasteiger partial charge in [0.25, 0.3) is 0 Å². The van der Waals surface area contributed by atoms with Gasteiger partial charge in [-0.3, -0.25) is 0 Å². The number of rotatable bonds is 23. The summed E-state index contributed by atoms with van der Waals surface area (Å²) in [6.45, 7) is 7.03. The minimum atomic E-state index is -2.44. The molecular weight excluding hydrogens is 468 g/mol. The maximum Gasteiger partial charge on any atom is 0.500 e. The second-order valence-corrected chi connectivity index (χ2v) is 14.6. The number of halogens is 1. The Balaban J connectivity index is 3.67. The van der Waals surface area contributed by atoms with Crippen LogP contribution in [0.5, 0.6) is 0 Å². The predicted octanol–water partition coefficient (Wildman–Crippen LogP) is 9.31. The molecule has 0 aliphatic carbocycles. The van der Waals surface area contributed by atoms with Crippen molar-refractivity contribution in [2.24, 2.45) is 5.92 Å². The first-order chi connectivity index (χ1) is 14.9. The van der Waals surface area contributed by atoms with E-state index in [1.807, 2.05) is 0 Å². The summed E-state index contributed by atoms with van der Waals surface area (Å²) in [5.41, 5.74) is 0. The van der Waals surface area contributed by atoms with Gasteiger partial charge in [0.15, 0.2) is 0 Å². The summed E-state index contributed by atoms with van der Waals surface area (Å²) in [6.07, 6.45) is 23.4. The van der Waals surface area contributed by atoms with Gasteiger partial charge in [0.1, 0.15) is 0 Å². The summed E-state index contributed by atoms with van der Waals surface area (Å²) in [5.74, 6) is 0.675. The van der Waals surface area contributed by atoms with Crippen molar-refractivity contribution in [3.8, 4) is 0 Å². The van der Waals surface area contributed by atoms with Gasteiger partial charge in [-0.2, -0.15) is 0 Å². The van der Waals surface area contributed by atoms with Crippen LogP contribution in [-0.2, 0) is 13.3 Å². The lowest BCUT2D eigenvalue weighted by atomic mass is 9.87. The normalized spacial score (nSPS) is 15.2. The van der Waals surface area contributed by atoms with Crippen molar-refractivity contribution in [2.45, 2.75) is 140 Å². The van der Waals surface area contributed by atoms with Gasteiger partial charge in [-0.1, -0.05) is 120 Å². The van der Waals surface area contributed by atoms with E-state index < -0.39 is 8.80 Å². The average Bonchev–Trinajstić information content (AvgIpc) is 2.77. The average molecular weight is 524 g/mol. The largest absolute Gasteiger partial charge is 0.500 e. The smallest absolute Gasteiger partial charge is 0.377 e. The van der Waals surface area contributed by atoms with Gasteiger partial charge in [-0.15, -0.1) is 0 Å². The molecule has 0 aromatic heterocycles. The fourth-order valence-electron chi connectivity index (χ4n) is 4.40. The summed E-state index contributed by atoms with van der Waals surface area (Å²) in [5, 5.41) is 0. The molecule has 0 N–H and O–H groups in total. The predicted molar refractivity (Wildman–Crippen MR) is 142 cm³/mol. The molecule has 0 bridgehead atoms. The molecule has 0 aliphatic heterocycles. The molecule has 0 aromatic rings. The molecule has 0 saturated heterocycles. The zero-order chi connectivity index (χ0) is 23.4. The van der Waals surface area contributed by atoms with E-state index in [4.69, 9.17) is 13.3 Å². The number of alkyl halides is 1. The maximum absolute atomic E-state index is 5.55. The molecule has 5 heteroatoms. The van der Waals surface area contributed by atoms with Crippen molar-refractivity contribution >= 4 is 24.7 Å². The number of hydrogen-bond acceptors (Lipinski definition) is 3. The monoisotopic (exact) mass is 522 g/mol. The van der Waals surface area contributed by atoms with Crippen molar-refractivity contribution in [2.75, 3.05) is 21.3 Å². The molecule has 0 heterocycles. The van der Waals surface area contributed by atoms with Crippen LogP contribution in [-0.4, -0.2) is 34.5 Å². The molecule has 0 radical (unpaired) electrons. The van der Waals surface area contributed by atoms with Crippen molar-refractivity contribution in [3.05, 3.63) is 0 Å². The zero-order valence-corrected chi connectivity index (χ0v) is 24.5. The molecule has 0 saturated carbocycles. The summed E-state index contributed by atoms with van der Waals surface area (Å²) in [4.78, 5) is 0. The van der Waals surface area contributed by atoms with Gasteiger partial charge >= 0.3 is 8.80 Å². The van der Waals surface area contributed by atoms with E-state index in [1.165, 1.54) is 96.3 Å². The zero-order valence-electron chi connectivity index (χ0n) is 21.9.